The first-order valence-electron chi connectivity index (χ1n) is 14.2. The van der Waals surface area contributed by atoms with E-state index in [1.165, 1.54) is 11.1 Å². The molecule has 0 bridgehead atoms. The van der Waals surface area contributed by atoms with Crippen LogP contribution in [0.25, 0.3) is 11.1 Å². The van der Waals surface area contributed by atoms with Crippen molar-refractivity contribution in [3.8, 4) is 11.1 Å². The van der Waals surface area contributed by atoms with Crippen molar-refractivity contribution >= 4 is 45.5 Å². The number of rotatable bonds is 9. The second-order valence-corrected chi connectivity index (χ2v) is 10.0. The molecule has 4 heteroatoms. The largest absolute Gasteiger partial charge is 0.388 e. The fraction of sp³-hybridized carbons (Fsp3) is 0.0526. The Morgan fingerprint density at radius 2 is 0.571 bits per heavy atom. The zero-order chi connectivity index (χ0) is 28.7. The SMILES string of the molecule is CNc1ccc(N(c2ccccc2)c2ccc(-c3ccc(N(c4ccccc4)c4ccc(NC)cc4)cc3)cc2)cc1. The molecule has 0 aromatic heterocycles. The number of anilines is 8. The van der Waals surface area contributed by atoms with Crippen molar-refractivity contribution in [1.29, 1.82) is 0 Å². The van der Waals surface area contributed by atoms with E-state index in [2.05, 4.69) is 178 Å². The van der Waals surface area contributed by atoms with Crippen LogP contribution in [0.1, 0.15) is 0 Å². The van der Waals surface area contributed by atoms with Gasteiger partial charge in [-0.15, -0.1) is 0 Å². The Morgan fingerprint density at radius 3 is 0.857 bits per heavy atom. The molecule has 0 amide bonds. The van der Waals surface area contributed by atoms with Crippen molar-refractivity contribution in [2.45, 2.75) is 0 Å². The topological polar surface area (TPSA) is 30.5 Å². The fourth-order valence-corrected chi connectivity index (χ4v) is 5.21. The molecule has 0 fully saturated rings. The molecule has 0 unspecified atom stereocenters. The predicted octanol–water partition coefficient (Wildman–Crippen LogP) is 10.4. The standard InChI is InChI=1S/C38H34N4/c1-39-31-17-25-37(26-18-31)41(33-9-5-3-6-10-33)35-21-13-29(14-22-35)30-15-23-36(24-16-30)42(34-11-7-4-8-12-34)38-27-19-32(40-2)20-28-38/h3-28,39-40H,1-2H3. The van der Waals surface area contributed by atoms with Gasteiger partial charge >= 0.3 is 0 Å². The molecule has 42 heavy (non-hydrogen) atoms. The second kappa shape index (κ2) is 12.4. The van der Waals surface area contributed by atoms with Crippen molar-refractivity contribution in [1.82, 2.24) is 0 Å². The molecule has 206 valence electrons. The number of nitrogens with one attached hydrogen (secondary N) is 2. The van der Waals surface area contributed by atoms with E-state index in [4.69, 9.17) is 0 Å². The number of hydrogen-bond acceptors (Lipinski definition) is 4. The molecule has 0 saturated heterocycles. The molecular formula is C38H34N4. The summed E-state index contributed by atoms with van der Waals surface area (Å²) in [7, 11) is 3.88. The van der Waals surface area contributed by atoms with Crippen LogP contribution < -0.4 is 20.4 Å². The van der Waals surface area contributed by atoms with Gasteiger partial charge in [0.25, 0.3) is 0 Å². The van der Waals surface area contributed by atoms with Gasteiger partial charge in [-0.25, -0.2) is 0 Å². The van der Waals surface area contributed by atoms with E-state index >= 15 is 0 Å². The van der Waals surface area contributed by atoms with E-state index in [9.17, 15) is 0 Å². The van der Waals surface area contributed by atoms with Gasteiger partial charge < -0.3 is 20.4 Å². The molecular weight excluding hydrogens is 512 g/mol. The van der Waals surface area contributed by atoms with Crippen molar-refractivity contribution in [2.75, 3.05) is 34.5 Å². The molecule has 0 aliphatic carbocycles. The van der Waals surface area contributed by atoms with Gasteiger partial charge in [0.1, 0.15) is 0 Å². The van der Waals surface area contributed by atoms with Crippen LogP contribution in [-0.2, 0) is 0 Å². The maximum absolute atomic E-state index is 3.21. The lowest BCUT2D eigenvalue weighted by Crippen LogP contribution is -2.10. The summed E-state index contributed by atoms with van der Waals surface area (Å²) in [6.45, 7) is 0. The van der Waals surface area contributed by atoms with Crippen LogP contribution in [0.3, 0.4) is 0 Å². The Morgan fingerprint density at radius 1 is 0.310 bits per heavy atom. The molecule has 0 spiro atoms. The quantitative estimate of drug-likeness (QED) is 0.189. The van der Waals surface area contributed by atoms with Gasteiger partial charge in [0.05, 0.1) is 0 Å². The summed E-state index contributed by atoms with van der Waals surface area (Å²) >= 11 is 0. The highest BCUT2D eigenvalue weighted by Crippen LogP contribution is 2.38. The van der Waals surface area contributed by atoms with Gasteiger partial charge in [-0.05, 0) is 108 Å². The smallest absolute Gasteiger partial charge is 0.0463 e. The number of nitrogens with zero attached hydrogens (tertiary/aromatic N) is 2. The average Bonchev–Trinajstić information content (AvgIpc) is 3.07. The monoisotopic (exact) mass is 546 g/mol. The number of benzene rings is 6. The van der Waals surface area contributed by atoms with Gasteiger partial charge in [-0.2, -0.15) is 0 Å². The third-order valence-corrected chi connectivity index (χ3v) is 7.44. The fourth-order valence-electron chi connectivity index (χ4n) is 5.21. The summed E-state index contributed by atoms with van der Waals surface area (Å²) in [5.41, 5.74) is 11.2. The van der Waals surface area contributed by atoms with Crippen molar-refractivity contribution in [3.05, 3.63) is 158 Å². The van der Waals surface area contributed by atoms with Gasteiger partial charge in [0.15, 0.2) is 0 Å². The maximum atomic E-state index is 3.21. The lowest BCUT2D eigenvalue weighted by molar-refractivity contribution is 1.28. The molecule has 0 atom stereocenters. The van der Waals surface area contributed by atoms with E-state index < -0.39 is 0 Å². The minimum atomic E-state index is 1.09. The zero-order valence-corrected chi connectivity index (χ0v) is 23.9. The highest BCUT2D eigenvalue weighted by atomic mass is 15.1. The maximum Gasteiger partial charge on any atom is 0.0463 e. The molecule has 0 aliphatic heterocycles. The molecule has 0 radical (unpaired) electrons. The summed E-state index contributed by atoms with van der Waals surface area (Å²) in [6.07, 6.45) is 0. The lowest BCUT2D eigenvalue weighted by atomic mass is 10.0. The van der Waals surface area contributed by atoms with Crippen molar-refractivity contribution in [2.24, 2.45) is 0 Å². The van der Waals surface area contributed by atoms with E-state index in [0.29, 0.717) is 0 Å². The molecule has 0 aliphatic rings. The van der Waals surface area contributed by atoms with Crippen LogP contribution in [0.2, 0.25) is 0 Å². The van der Waals surface area contributed by atoms with Gasteiger partial charge in [-0.1, -0.05) is 60.7 Å². The van der Waals surface area contributed by atoms with Crippen molar-refractivity contribution in [3.63, 3.8) is 0 Å². The van der Waals surface area contributed by atoms with Crippen LogP contribution in [0.5, 0.6) is 0 Å². The van der Waals surface area contributed by atoms with Crippen molar-refractivity contribution < 1.29 is 0 Å². The summed E-state index contributed by atoms with van der Waals surface area (Å²) in [6, 6.07) is 55.6. The molecule has 6 aromatic rings. The normalized spacial score (nSPS) is 10.6. The van der Waals surface area contributed by atoms with Crippen LogP contribution in [0.4, 0.5) is 45.5 Å². The minimum absolute atomic E-state index is 1.09. The number of para-hydroxylation sites is 2. The van der Waals surface area contributed by atoms with Gasteiger partial charge in [-0.3, -0.25) is 0 Å². The Kier molecular flexibility index (Phi) is 7.87. The van der Waals surface area contributed by atoms with E-state index in [0.717, 1.165) is 45.5 Å². The Labute approximate surface area is 248 Å². The Bertz CT molecular complexity index is 1560. The summed E-state index contributed by atoms with van der Waals surface area (Å²) < 4.78 is 0. The second-order valence-electron chi connectivity index (χ2n) is 10.0. The van der Waals surface area contributed by atoms with E-state index in [-0.39, 0.29) is 0 Å². The molecule has 0 saturated carbocycles. The predicted molar refractivity (Wildman–Crippen MR) is 180 cm³/mol. The van der Waals surface area contributed by atoms with Gasteiger partial charge in [0, 0.05) is 59.6 Å². The van der Waals surface area contributed by atoms with Crippen LogP contribution in [-0.4, -0.2) is 14.1 Å². The summed E-state index contributed by atoms with van der Waals surface area (Å²) in [5, 5.41) is 6.42. The molecule has 6 aromatic carbocycles. The third-order valence-electron chi connectivity index (χ3n) is 7.44. The average molecular weight is 547 g/mol. The highest BCUT2D eigenvalue weighted by molar-refractivity contribution is 5.81. The van der Waals surface area contributed by atoms with Crippen LogP contribution in [0, 0.1) is 0 Å². The first-order valence-corrected chi connectivity index (χ1v) is 14.2. The van der Waals surface area contributed by atoms with Crippen LogP contribution in [0.15, 0.2) is 158 Å². The Hall–Kier alpha value is -5.48. The molecule has 0 heterocycles. The minimum Gasteiger partial charge on any atom is -0.388 e. The number of hydrogen-bond donors (Lipinski definition) is 2. The summed E-state index contributed by atoms with van der Waals surface area (Å²) in [4.78, 5) is 4.56. The molecule has 4 nitrogen and oxygen atoms in total. The Balaban J connectivity index is 1.30. The first-order chi connectivity index (χ1) is 20.7. The first kappa shape index (κ1) is 26.7. The van der Waals surface area contributed by atoms with E-state index in [1.54, 1.807) is 0 Å². The third kappa shape index (κ3) is 5.70. The van der Waals surface area contributed by atoms with Gasteiger partial charge in [0.2, 0.25) is 0 Å². The zero-order valence-electron chi connectivity index (χ0n) is 23.9. The summed E-state index contributed by atoms with van der Waals surface area (Å²) in [5.74, 6) is 0. The van der Waals surface area contributed by atoms with E-state index in [1.807, 2.05) is 14.1 Å². The lowest BCUT2D eigenvalue weighted by Gasteiger charge is -2.26. The molecule has 6 rings (SSSR count). The molecule has 2 N–H and O–H groups in total. The van der Waals surface area contributed by atoms with Crippen LogP contribution >= 0.6 is 0 Å². The highest BCUT2D eigenvalue weighted by Gasteiger charge is 2.14.